The van der Waals surface area contributed by atoms with Crippen LogP contribution in [0, 0.1) is 3.57 Å². The molecule has 1 amide bonds. The molecule has 5 heteroatoms. The summed E-state index contributed by atoms with van der Waals surface area (Å²) in [5, 5.41) is 2.97. The third kappa shape index (κ3) is 3.83. The van der Waals surface area contributed by atoms with E-state index in [-0.39, 0.29) is 11.9 Å². The van der Waals surface area contributed by atoms with Crippen LogP contribution in [0.1, 0.15) is 22.2 Å². The number of amides is 1. The number of furan rings is 1. The van der Waals surface area contributed by atoms with Gasteiger partial charge in [-0.15, -0.1) is 0 Å². The molecule has 4 nitrogen and oxygen atoms in total. The second kappa shape index (κ2) is 6.90. The molecule has 0 aliphatic heterocycles. The van der Waals surface area contributed by atoms with Crippen LogP contribution in [0.25, 0.3) is 0 Å². The highest BCUT2D eigenvalue weighted by Gasteiger charge is 2.21. The second-order valence-electron chi connectivity index (χ2n) is 4.87. The van der Waals surface area contributed by atoms with Gasteiger partial charge in [0.05, 0.1) is 26.9 Å². The molecule has 0 unspecified atom stereocenters. The Kier molecular flexibility index (Phi) is 5.19. The highest BCUT2D eigenvalue weighted by atomic mass is 127. The summed E-state index contributed by atoms with van der Waals surface area (Å²) in [5.74, 6) is 0.828. The Balaban J connectivity index is 2.01. The summed E-state index contributed by atoms with van der Waals surface area (Å²) >= 11 is 2.20. The molecule has 106 valence electrons. The van der Waals surface area contributed by atoms with Crippen LogP contribution in [0.3, 0.4) is 0 Å². The lowest BCUT2D eigenvalue weighted by molar-refractivity contribution is -0.891. The van der Waals surface area contributed by atoms with Crippen LogP contribution < -0.4 is 10.2 Å². The molecule has 20 heavy (non-hydrogen) atoms. The van der Waals surface area contributed by atoms with Gasteiger partial charge in [0.2, 0.25) is 0 Å². The largest absolute Gasteiger partial charge is 0.463 e. The fourth-order valence-electron chi connectivity index (χ4n) is 2.01. The zero-order valence-electron chi connectivity index (χ0n) is 11.5. The van der Waals surface area contributed by atoms with Crippen molar-refractivity contribution in [3.8, 4) is 0 Å². The first-order chi connectivity index (χ1) is 9.58. The van der Waals surface area contributed by atoms with Crippen LogP contribution in [0.5, 0.6) is 0 Å². The second-order valence-corrected chi connectivity index (χ2v) is 6.11. The number of benzene rings is 1. The molecule has 1 heterocycles. The number of rotatable bonds is 5. The van der Waals surface area contributed by atoms with Gasteiger partial charge in [-0.2, -0.15) is 0 Å². The molecule has 2 N–H and O–H groups in total. The van der Waals surface area contributed by atoms with Gasteiger partial charge in [0.15, 0.2) is 11.8 Å². The SMILES string of the molecule is C[NH+](C)[C@@H](CNC(=O)c1cccc(I)c1)c1ccco1. The number of likely N-dealkylation sites (N-methyl/N-ethyl adjacent to an activating group) is 1. The molecule has 2 rings (SSSR count). The summed E-state index contributed by atoms with van der Waals surface area (Å²) in [6, 6.07) is 11.5. The first kappa shape index (κ1) is 15.1. The number of halogens is 1. The molecular formula is C15H18IN2O2+. The first-order valence-corrected chi connectivity index (χ1v) is 7.53. The molecule has 0 aliphatic carbocycles. The predicted molar refractivity (Wildman–Crippen MR) is 85.8 cm³/mol. The topological polar surface area (TPSA) is 46.7 Å². The molecule has 2 aromatic rings. The lowest BCUT2D eigenvalue weighted by atomic mass is 10.2. The van der Waals surface area contributed by atoms with Gasteiger partial charge in [0.25, 0.3) is 5.91 Å². The number of carbonyl (C=O) groups is 1. The van der Waals surface area contributed by atoms with Crippen molar-refractivity contribution in [1.29, 1.82) is 0 Å². The van der Waals surface area contributed by atoms with E-state index in [0.717, 1.165) is 9.33 Å². The molecule has 0 saturated carbocycles. The summed E-state index contributed by atoms with van der Waals surface area (Å²) < 4.78 is 6.49. The van der Waals surface area contributed by atoms with Gasteiger partial charge in [0, 0.05) is 9.13 Å². The summed E-state index contributed by atoms with van der Waals surface area (Å²) in [6.45, 7) is 0.542. The van der Waals surface area contributed by atoms with Gasteiger partial charge in [-0.25, -0.2) is 0 Å². The molecule has 0 fully saturated rings. The van der Waals surface area contributed by atoms with Crippen LogP contribution in [-0.4, -0.2) is 26.5 Å². The van der Waals surface area contributed by atoms with Crippen LogP contribution in [0.2, 0.25) is 0 Å². The fourth-order valence-corrected chi connectivity index (χ4v) is 2.55. The lowest BCUT2D eigenvalue weighted by Gasteiger charge is -2.19. The summed E-state index contributed by atoms with van der Waals surface area (Å²) in [5.41, 5.74) is 0.684. The highest BCUT2D eigenvalue weighted by Crippen LogP contribution is 2.10. The third-order valence-corrected chi connectivity index (χ3v) is 3.81. The third-order valence-electron chi connectivity index (χ3n) is 3.14. The molecule has 0 saturated heterocycles. The fraction of sp³-hybridized carbons (Fsp3) is 0.267. The van der Waals surface area contributed by atoms with E-state index in [1.165, 1.54) is 4.90 Å². The molecule has 1 aromatic heterocycles. The number of hydrogen-bond donors (Lipinski definition) is 2. The molecule has 0 aliphatic rings. The summed E-state index contributed by atoms with van der Waals surface area (Å²) in [7, 11) is 4.09. The molecule has 1 aromatic carbocycles. The predicted octanol–water partition coefficient (Wildman–Crippen LogP) is 1.50. The minimum atomic E-state index is -0.0543. The monoisotopic (exact) mass is 385 g/mol. The van der Waals surface area contributed by atoms with Crippen LogP contribution in [0.4, 0.5) is 0 Å². The standard InChI is InChI=1S/C15H17IN2O2/c1-18(2)13(14-7-4-8-20-14)10-17-15(19)11-5-3-6-12(16)9-11/h3-9,13H,10H2,1-2H3,(H,17,19)/p+1/t13-/m0/s1. The van der Waals surface area contributed by atoms with E-state index in [1.807, 2.05) is 50.5 Å². The van der Waals surface area contributed by atoms with Crippen molar-refractivity contribution < 1.29 is 14.1 Å². The van der Waals surface area contributed by atoms with Crippen molar-refractivity contribution in [2.24, 2.45) is 0 Å². The van der Waals surface area contributed by atoms with Crippen molar-refractivity contribution in [1.82, 2.24) is 5.32 Å². The van der Waals surface area contributed by atoms with E-state index in [9.17, 15) is 4.79 Å². The summed E-state index contributed by atoms with van der Waals surface area (Å²) in [6.07, 6.45) is 1.66. The Hall–Kier alpha value is -1.34. The van der Waals surface area contributed by atoms with E-state index in [4.69, 9.17) is 4.42 Å². The van der Waals surface area contributed by atoms with Crippen LogP contribution in [0.15, 0.2) is 47.1 Å². The average Bonchev–Trinajstić information content (AvgIpc) is 2.92. The minimum absolute atomic E-state index is 0.0543. The van der Waals surface area contributed by atoms with Crippen molar-refractivity contribution in [2.75, 3.05) is 20.6 Å². The maximum Gasteiger partial charge on any atom is 0.251 e. The van der Waals surface area contributed by atoms with Crippen LogP contribution in [-0.2, 0) is 0 Å². The van der Waals surface area contributed by atoms with Crippen molar-refractivity contribution in [3.63, 3.8) is 0 Å². The molecule has 0 radical (unpaired) electrons. The smallest absolute Gasteiger partial charge is 0.251 e. The van der Waals surface area contributed by atoms with Gasteiger partial charge in [-0.1, -0.05) is 6.07 Å². The van der Waals surface area contributed by atoms with Crippen molar-refractivity contribution >= 4 is 28.5 Å². The van der Waals surface area contributed by atoms with Crippen LogP contribution >= 0.6 is 22.6 Å². The Morgan fingerprint density at radius 1 is 1.35 bits per heavy atom. The van der Waals surface area contributed by atoms with Gasteiger partial charge in [-0.3, -0.25) is 4.79 Å². The Morgan fingerprint density at radius 2 is 2.15 bits per heavy atom. The molecule has 0 bridgehead atoms. The van der Waals surface area contributed by atoms with E-state index in [0.29, 0.717) is 12.1 Å². The molecule has 0 spiro atoms. The van der Waals surface area contributed by atoms with Crippen molar-refractivity contribution in [3.05, 3.63) is 57.6 Å². The molecule has 1 atom stereocenters. The van der Waals surface area contributed by atoms with E-state index in [1.54, 1.807) is 6.26 Å². The normalized spacial score (nSPS) is 12.4. The van der Waals surface area contributed by atoms with Crippen molar-refractivity contribution in [2.45, 2.75) is 6.04 Å². The number of hydrogen-bond acceptors (Lipinski definition) is 2. The Bertz CT molecular complexity index is 567. The minimum Gasteiger partial charge on any atom is -0.463 e. The van der Waals surface area contributed by atoms with Gasteiger partial charge in [-0.05, 0) is 52.9 Å². The Morgan fingerprint density at radius 3 is 2.75 bits per heavy atom. The maximum absolute atomic E-state index is 12.1. The first-order valence-electron chi connectivity index (χ1n) is 6.45. The average molecular weight is 385 g/mol. The van der Waals surface area contributed by atoms with E-state index >= 15 is 0 Å². The van der Waals surface area contributed by atoms with E-state index < -0.39 is 0 Å². The highest BCUT2D eigenvalue weighted by molar-refractivity contribution is 14.1. The lowest BCUT2D eigenvalue weighted by Crippen LogP contribution is -3.07. The zero-order chi connectivity index (χ0) is 14.5. The quantitative estimate of drug-likeness (QED) is 0.767. The van der Waals surface area contributed by atoms with E-state index in [2.05, 4.69) is 27.9 Å². The number of nitrogens with one attached hydrogen (secondary N) is 2. The Labute approximate surface area is 132 Å². The van der Waals surface area contributed by atoms with Gasteiger partial charge >= 0.3 is 0 Å². The molecular weight excluding hydrogens is 367 g/mol. The maximum atomic E-state index is 12.1. The number of carbonyl (C=O) groups excluding carboxylic acids is 1. The zero-order valence-corrected chi connectivity index (χ0v) is 13.7. The van der Waals surface area contributed by atoms with Gasteiger partial charge < -0.3 is 14.6 Å². The van der Waals surface area contributed by atoms with Gasteiger partial charge in [0.1, 0.15) is 0 Å². The number of quaternary nitrogens is 1. The summed E-state index contributed by atoms with van der Waals surface area (Å²) in [4.78, 5) is 13.4.